The summed E-state index contributed by atoms with van der Waals surface area (Å²) in [5.74, 6) is -0.284. The lowest BCUT2D eigenvalue weighted by Gasteiger charge is -2.27. The number of carbonyl (C=O) groups excluding carboxylic acids is 3. The number of amides is 3. The van der Waals surface area contributed by atoms with Gasteiger partial charge in [0, 0.05) is 6.04 Å². The molecule has 1 unspecified atom stereocenters. The molecule has 3 amide bonds. The summed E-state index contributed by atoms with van der Waals surface area (Å²) in [6.07, 6.45) is 1.71. The highest BCUT2D eigenvalue weighted by Gasteiger charge is 2.48. The molecule has 6 heteroatoms. The number of rotatable bonds is 6. The van der Waals surface area contributed by atoms with Crippen LogP contribution in [0.5, 0.6) is 5.75 Å². The van der Waals surface area contributed by atoms with Crippen LogP contribution in [0.1, 0.15) is 19.3 Å². The lowest BCUT2D eigenvalue weighted by atomic mass is 10.2. The average Bonchev–Trinajstić information content (AvgIpc) is 3.48. The van der Waals surface area contributed by atoms with E-state index in [4.69, 9.17) is 4.74 Å². The van der Waals surface area contributed by atoms with Crippen LogP contribution in [0.4, 0.5) is 5.69 Å². The predicted octanol–water partition coefficient (Wildman–Crippen LogP) is 2.39. The molecule has 138 valence electrons. The summed E-state index contributed by atoms with van der Waals surface area (Å²) in [7, 11) is 0. The molecular formula is C21H20N2O4. The van der Waals surface area contributed by atoms with Crippen molar-refractivity contribution in [2.45, 2.75) is 31.3 Å². The van der Waals surface area contributed by atoms with Gasteiger partial charge in [-0.05, 0) is 37.1 Å². The number of anilines is 1. The lowest BCUT2D eigenvalue weighted by molar-refractivity contribution is -0.140. The topological polar surface area (TPSA) is 66.9 Å². The molecule has 6 nitrogen and oxygen atoms in total. The van der Waals surface area contributed by atoms with Crippen molar-refractivity contribution in [2.24, 2.45) is 0 Å². The maximum Gasteiger partial charge on any atom is 0.261 e. The molecule has 0 spiro atoms. The van der Waals surface area contributed by atoms with Gasteiger partial charge in [0.25, 0.3) is 11.8 Å². The van der Waals surface area contributed by atoms with Gasteiger partial charge in [0.2, 0.25) is 5.91 Å². The zero-order valence-electron chi connectivity index (χ0n) is 14.8. The van der Waals surface area contributed by atoms with Gasteiger partial charge in [-0.3, -0.25) is 14.4 Å². The second kappa shape index (κ2) is 7.23. The Kier molecular flexibility index (Phi) is 4.62. The van der Waals surface area contributed by atoms with Gasteiger partial charge in [-0.2, -0.15) is 0 Å². The number of nitrogens with zero attached hydrogens (tertiary/aromatic N) is 2. The van der Waals surface area contributed by atoms with E-state index in [0.29, 0.717) is 11.4 Å². The molecule has 2 aliphatic rings. The fourth-order valence-corrected chi connectivity index (χ4v) is 3.40. The van der Waals surface area contributed by atoms with Gasteiger partial charge in [-0.15, -0.1) is 0 Å². The molecule has 1 saturated carbocycles. The van der Waals surface area contributed by atoms with Crippen molar-refractivity contribution in [2.75, 3.05) is 11.5 Å². The maximum atomic E-state index is 12.9. The normalized spacial score (nSPS) is 19.3. The van der Waals surface area contributed by atoms with Gasteiger partial charge in [0.05, 0.1) is 12.1 Å². The summed E-state index contributed by atoms with van der Waals surface area (Å²) in [6.45, 7) is -0.149. The van der Waals surface area contributed by atoms with Crippen LogP contribution in [0.25, 0.3) is 0 Å². The quantitative estimate of drug-likeness (QED) is 0.738. The molecule has 1 aliphatic carbocycles. The SMILES string of the molecule is O=C1CC(N(C(=O)COc2ccccc2)C2CC2)C(=O)N1c1ccccc1. The van der Waals surface area contributed by atoms with Crippen LogP contribution in [0.15, 0.2) is 60.7 Å². The van der Waals surface area contributed by atoms with E-state index in [-0.39, 0.29) is 36.8 Å². The number of imide groups is 1. The van der Waals surface area contributed by atoms with Crippen LogP contribution in [0.3, 0.4) is 0 Å². The van der Waals surface area contributed by atoms with E-state index < -0.39 is 6.04 Å². The Bertz CT molecular complexity index is 849. The van der Waals surface area contributed by atoms with E-state index in [1.165, 1.54) is 4.90 Å². The van der Waals surface area contributed by atoms with E-state index in [1.807, 2.05) is 24.3 Å². The highest BCUT2D eigenvalue weighted by molar-refractivity contribution is 6.23. The Morgan fingerprint density at radius 2 is 1.63 bits per heavy atom. The molecule has 1 aliphatic heterocycles. The zero-order valence-corrected chi connectivity index (χ0v) is 14.8. The van der Waals surface area contributed by atoms with Crippen LogP contribution in [0.2, 0.25) is 0 Å². The molecule has 4 rings (SSSR count). The lowest BCUT2D eigenvalue weighted by Crippen LogP contribution is -2.48. The Morgan fingerprint density at radius 3 is 2.26 bits per heavy atom. The molecule has 2 fully saturated rings. The largest absolute Gasteiger partial charge is 0.484 e. The highest BCUT2D eigenvalue weighted by Crippen LogP contribution is 2.34. The van der Waals surface area contributed by atoms with E-state index in [0.717, 1.165) is 12.8 Å². The number of hydrogen-bond donors (Lipinski definition) is 0. The molecule has 2 aromatic carbocycles. The minimum Gasteiger partial charge on any atom is -0.484 e. The summed E-state index contributed by atoms with van der Waals surface area (Å²) in [5, 5.41) is 0. The molecular weight excluding hydrogens is 344 g/mol. The second-order valence-corrected chi connectivity index (χ2v) is 6.76. The van der Waals surface area contributed by atoms with E-state index in [9.17, 15) is 14.4 Å². The second-order valence-electron chi connectivity index (χ2n) is 6.76. The third-order valence-corrected chi connectivity index (χ3v) is 4.81. The van der Waals surface area contributed by atoms with Crippen molar-refractivity contribution in [3.8, 4) is 5.75 Å². The molecule has 0 aromatic heterocycles. The summed E-state index contributed by atoms with van der Waals surface area (Å²) in [6, 6.07) is 17.2. The first-order valence-electron chi connectivity index (χ1n) is 9.06. The molecule has 0 radical (unpaired) electrons. The van der Waals surface area contributed by atoms with Crippen LogP contribution < -0.4 is 9.64 Å². The fraction of sp³-hybridized carbons (Fsp3) is 0.286. The fourth-order valence-electron chi connectivity index (χ4n) is 3.40. The number of para-hydroxylation sites is 2. The van der Waals surface area contributed by atoms with Crippen molar-refractivity contribution in [1.82, 2.24) is 4.90 Å². The van der Waals surface area contributed by atoms with Gasteiger partial charge in [-0.25, -0.2) is 4.90 Å². The van der Waals surface area contributed by atoms with Crippen LogP contribution in [0, 0.1) is 0 Å². The van der Waals surface area contributed by atoms with Crippen molar-refractivity contribution < 1.29 is 19.1 Å². The molecule has 2 aromatic rings. The maximum absolute atomic E-state index is 12.9. The summed E-state index contributed by atoms with van der Waals surface area (Å²) < 4.78 is 5.56. The molecule has 1 atom stereocenters. The number of carbonyl (C=O) groups is 3. The van der Waals surface area contributed by atoms with Crippen molar-refractivity contribution in [3.05, 3.63) is 60.7 Å². The molecule has 0 N–H and O–H groups in total. The minimum absolute atomic E-state index is 0.00865. The number of hydrogen-bond acceptors (Lipinski definition) is 4. The molecule has 27 heavy (non-hydrogen) atoms. The zero-order chi connectivity index (χ0) is 18.8. The Balaban J connectivity index is 1.50. The number of ether oxygens (including phenoxy) is 1. The minimum atomic E-state index is -0.753. The smallest absolute Gasteiger partial charge is 0.261 e. The Hall–Kier alpha value is -3.15. The molecule has 1 saturated heterocycles. The van der Waals surface area contributed by atoms with E-state index in [1.54, 1.807) is 41.3 Å². The van der Waals surface area contributed by atoms with Gasteiger partial charge >= 0.3 is 0 Å². The Labute approximate surface area is 157 Å². The monoisotopic (exact) mass is 364 g/mol. The summed E-state index contributed by atoms with van der Waals surface area (Å²) >= 11 is 0. The standard InChI is InChI=1S/C21H20N2O4/c24-19-13-18(21(26)23(19)15-7-3-1-4-8-15)22(16-11-12-16)20(25)14-27-17-9-5-2-6-10-17/h1-10,16,18H,11-14H2. The first kappa shape index (κ1) is 17.3. The van der Waals surface area contributed by atoms with Gasteiger partial charge in [0.15, 0.2) is 6.61 Å². The van der Waals surface area contributed by atoms with Crippen LogP contribution >= 0.6 is 0 Å². The molecule has 1 heterocycles. The third kappa shape index (κ3) is 3.56. The third-order valence-electron chi connectivity index (χ3n) is 4.81. The van der Waals surface area contributed by atoms with Crippen molar-refractivity contribution in [1.29, 1.82) is 0 Å². The predicted molar refractivity (Wildman–Crippen MR) is 99.1 cm³/mol. The molecule has 0 bridgehead atoms. The summed E-state index contributed by atoms with van der Waals surface area (Å²) in [5.41, 5.74) is 0.540. The number of benzene rings is 2. The highest BCUT2D eigenvalue weighted by atomic mass is 16.5. The van der Waals surface area contributed by atoms with Crippen LogP contribution in [-0.2, 0) is 14.4 Å². The van der Waals surface area contributed by atoms with E-state index >= 15 is 0 Å². The van der Waals surface area contributed by atoms with Crippen molar-refractivity contribution >= 4 is 23.4 Å². The summed E-state index contributed by atoms with van der Waals surface area (Å²) in [4.78, 5) is 41.0. The van der Waals surface area contributed by atoms with Gasteiger partial charge < -0.3 is 9.64 Å². The van der Waals surface area contributed by atoms with Crippen LogP contribution in [-0.4, -0.2) is 41.3 Å². The average molecular weight is 364 g/mol. The first-order valence-corrected chi connectivity index (χ1v) is 9.06. The van der Waals surface area contributed by atoms with Gasteiger partial charge in [-0.1, -0.05) is 36.4 Å². The first-order chi connectivity index (χ1) is 13.1. The van der Waals surface area contributed by atoms with E-state index in [2.05, 4.69) is 0 Å². The Morgan fingerprint density at radius 1 is 1.00 bits per heavy atom. The van der Waals surface area contributed by atoms with Crippen molar-refractivity contribution in [3.63, 3.8) is 0 Å². The van der Waals surface area contributed by atoms with Gasteiger partial charge in [0.1, 0.15) is 11.8 Å².